The van der Waals surface area contributed by atoms with Crippen molar-refractivity contribution in [3.8, 4) is 0 Å². The van der Waals surface area contributed by atoms with Crippen LogP contribution in [0.4, 0.5) is 8.78 Å². The van der Waals surface area contributed by atoms with Crippen LogP contribution in [0.5, 0.6) is 0 Å². The molecule has 0 saturated carbocycles. The van der Waals surface area contributed by atoms with Crippen LogP contribution in [0.1, 0.15) is 16.8 Å². The lowest BCUT2D eigenvalue weighted by atomic mass is 10.2. The third-order valence-electron chi connectivity index (χ3n) is 1.89. The lowest BCUT2D eigenvalue weighted by Gasteiger charge is -2.11. The fourth-order valence-electron chi connectivity index (χ4n) is 1.01. The van der Waals surface area contributed by atoms with Gasteiger partial charge in [0.15, 0.2) is 0 Å². The maximum absolute atomic E-state index is 12.7. The van der Waals surface area contributed by atoms with Gasteiger partial charge in [-0.2, -0.15) is 8.78 Å². The van der Waals surface area contributed by atoms with E-state index in [0.29, 0.717) is 0 Å². The molecule has 94 valence electrons. The Balaban J connectivity index is 2.43. The first kappa shape index (κ1) is 13.7. The van der Waals surface area contributed by atoms with Gasteiger partial charge in [-0.15, -0.1) is 0 Å². The Kier molecular flexibility index (Phi) is 4.71. The highest BCUT2D eigenvalue weighted by molar-refractivity contribution is 7.80. The van der Waals surface area contributed by atoms with Crippen molar-refractivity contribution in [3.05, 3.63) is 35.9 Å². The number of carbonyl (C=O) groups excluding carboxylic acids is 1. The van der Waals surface area contributed by atoms with Crippen molar-refractivity contribution in [2.75, 3.05) is 6.61 Å². The second kappa shape index (κ2) is 5.83. The third kappa shape index (κ3) is 4.20. The van der Waals surface area contributed by atoms with E-state index in [-0.39, 0.29) is 5.56 Å². The largest absolute Gasteiger partial charge is 0.462 e. The molecule has 4 nitrogen and oxygen atoms in total. The number of alkyl halides is 2. The standard InChI is InChI=1S/C10H10F2O4S/c11-10(12,17(14)15)6-7-16-9(13)8-4-2-1-3-5-8/h1-5H,6-7H2,(H,14,15). The lowest BCUT2D eigenvalue weighted by Crippen LogP contribution is -2.25. The highest BCUT2D eigenvalue weighted by atomic mass is 32.2. The second-order valence-corrected chi connectivity index (χ2v) is 4.23. The van der Waals surface area contributed by atoms with Gasteiger partial charge in [0.05, 0.1) is 18.6 Å². The molecule has 0 aliphatic rings. The van der Waals surface area contributed by atoms with Gasteiger partial charge in [0.2, 0.25) is 11.1 Å². The van der Waals surface area contributed by atoms with Gasteiger partial charge in [-0.1, -0.05) is 18.2 Å². The van der Waals surface area contributed by atoms with Crippen LogP contribution in [0.25, 0.3) is 0 Å². The van der Waals surface area contributed by atoms with E-state index in [4.69, 9.17) is 4.55 Å². The van der Waals surface area contributed by atoms with Gasteiger partial charge in [-0.3, -0.25) is 0 Å². The van der Waals surface area contributed by atoms with Gasteiger partial charge < -0.3 is 9.29 Å². The van der Waals surface area contributed by atoms with E-state index >= 15 is 0 Å². The summed E-state index contributed by atoms with van der Waals surface area (Å²) < 4.78 is 48.3. The van der Waals surface area contributed by atoms with Crippen molar-refractivity contribution in [1.29, 1.82) is 0 Å². The predicted octanol–water partition coefficient (Wildman–Crippen LogP) is 2.05. The summed E-state index contributed by atoms with van der Waals surface area (Å²) in [5.41, 5.74) is 0.237. The molecule has 0 aromatic heterocycles. The Bertz CT molecular complexity index is 408. The second-order valence-electron chi connectivity index (χ2n) is 3.14. The van der Waals surface area contributed by atoms with Crippen LogP contribution in [-0.4, -0.2) is 26.6 Å². The van der Waals surface area contributed by atoms with Crippen molar-refractivity contribution in [2.24, 2.45) is 0 Å². The van der Waals surface area contributed by atoms with E-state index in [9.17, 15) is 17.8 Å². The number of esters is 1. The molecule has 0 heterocycles. The molecule has 1 aromatic carbocycles. The van der Waals surface area contributed by atoms with E-state index in [2.05, 4.69) is 4.74 Å². The number of ether oxygens (including phenoxy) is 1. The number of rotatable bonds is 5. The number of halogens is 2. The molecule has 0 fully saturated rings. The number of hydrogen-bond donors (Lipinski definition) is 1. The van der Waals surface area contributed by atoms with Crippen molar-refractivity contribution >= 4 is 17.0 Å². The van der Waals surface area contributed by atoms with E-state index < -0.39 is 35.3 Å². The summed E-state index contributed by atoms with van der Waals surface area (Å²) in [5.74, 6) is -0.745. The topological polar surface area (TPSA) is 63.6 Å². The van der Waals surface area contributed by atoms with Crippen LogP contribution in [0, 0.1) is 0 Å². The smallest absolute Gasteiger partial charge is 0.348 e. The molecule has 1 rings (SSSR count). The highest BCUT2D eigenvalue weighted by Crippen LogP contribution is 2.21. The third-order valence-corrected chi connectivity index (χ3v) is 2.61. The Morgan fingerprint density at radius 2 is 1.94 bits per heavy atom. The van der Waals surface area contributed by atoms with Gasteiger partial charge in [0, 0.05) is 0 Å². The van der Waals surface area contributed by atoms with Gasteiger partial charge in [-0.25, -0.2) is 9.00 Å². The molecule has 1 atom stereocenters. The van der Waals surface area contributed by atoms with E-state index in [1.165, 1.54) is 12.1 Å². The quantitative estimate of drug-likeness (QED) is 0.653. The first-order chi connectivity index (χ1) is 7.93. The van der Waals surface area contributed by atoms with Crippen LogP contribution in [-0.2, 0) is 15.8 Å². The molecular formula is C10H10F2O4S. The van der Waals surface area contributed by atoms with E-state index in [1.54, 1.807) is 18.2 Å². The van der Waals surface area contributed by atoms with Crippen LogP contribution < -0.4 is 0 Å². The summed E-state index contributed by atoms with van der Waals surface area (Å²) in [6.45, 7) is -0.618. The molecule has 0 aliphatic carbocycles. The summed E-state index contributed by atoms with van der Waals surface area (Å²) in [4.78, 5) is 11.3. The van der Waals surface area contributed by atoms with Gasteiger partial charge in [0.25, 0.3) is 0 Å². The van der Waals surface area contributed by atoms with Crippen LogP contribution in [0.3, 0.4) is 0 Å². The minimum absolute atomic E-state index is 0.237. The molecule has 0 bridgehead atoms. The van der Waals surface area contributed by atoms with Crippen LogP contribution >= 0.6 is 0 Å². The normalized spacial score (nSPS) is 13.1. The van der Waals surface area contributed by atoms with Crippen molar-refractivity contribution in [1.82, 2.24) is 0 Å². The van der Waals surface area contributed by atoms with E-state index in [1.807, 2.05) is 0 Å². The zero-order valence-corrected chi connectivity index (χ0v) is 9.45. The van der Waals surface area contributed by atoms with Gasteiger partial charge >= 0.3 is 11.2 Å². The average Bonchev–Trinajstić information content (AvgIpc) is 2.29. The monoisotopic (exact) mass is 264 g/mol. The fourth-order valence-corrected chi connectivity index (χ4v) is 1.27. The molecule has 1 N–H and O–H groups in total. The van der Waals surface area contributed by atoms with Gasteiger partial charge in [0.1, 0.15) is 0 Å². The SMILES string of the molecule is O=C(OCCC(F)(F)S(=O)O)c1ccccc1. The minimum atomic E-state index is -3.77. The average molecular weight is 264 g/mol. The van der Waals surface area contributed by atoms with Crippen molar-refractivity contribution in [2.45, 2.75) is 11.7 Å². The number of benzene rings is 1. The molecular weight excluding hydrogens is 254 g/mol. The molecule has 17 heavy (non-hydrogen) atoms. The lowest BCUT2D eigenvalue weighted by molar-refractivity contribution is 0.0273. The summed E-state index contributed by atoms with van der Waals surface area (Å²) in [6, 6.07) is 7.86. The molecule has 0 spiro atoms. The van der Waals surface area contributed by atoms with E-state index in [0.717, 1.165) is 0 Å². The Morgan fingerprint density at radius 3 is 2.47 bits per heavy atom. The first-order valence-corrected chi connectivity index (χ1v) is 5.75. The number of carbonyl (C=O) groups is 1. The Morgan fingerprint density at radius 1 is 1.35 bits per heavy atom. The molecule has 0 aliphatic heterocycles. The van der Waals surface area contributed by atoms with Crippen LogP contribution in [0.15, 0.2) is 30.3 Å². The van der Waals surface area contributed by atoms with Crippen LogP contribution in [0.2, 0.25) is 0 Å². The summed E-state index contributed by atoms with van der Waals surface area (Å²) in [6.07, 6.45) is -0.991. The molecule has 0 saturated heterocycles. The highest BCUT2D eigenvalue weighted by Gasteiger charge is 2.36. The predicted molar refractivity (Wildman–Crippen MR) is 57.1 cm³/mol. The zero-order chi connectivity index (χ0) is 12.9. The Hall–Kier alpha value is -1.34. The molecule has 7 heteroatoms. The molecule has 0 radical (unpaired) electrons. The Labute approximate surface area is 98.9 Å². The minimum Gasteiger partial charge on any atom is -0.462 e. The van der Waals surface area contributed by atoms with Crippen molar-refractivity contribution in [3.63, 3.8) is 0 Å². The number of hydrogen-bond acceptors (Lipinski definition) is 3. The van der Waals surface area contributed by atoms with Gasteiger partial charge in [-0.05, 0) is 12.1 Å². The molecule has 1 aromatic rings. The first-order valence-electron chi connectivity index (χ1n) is 4.64. The zero-order valence-electron chi connectivity index (χ0n) is 8.64. The maximum Gasteiger partial charge on any atom is 0.348 e. The molecule has 0 amide bonds. The maximum atomic E-state index is 12.7. The van der Waals surface area contributed by atoms with Crippen molar-refractivity contribution < 1.29 is 27.1 Å². The molecule has 1 unspecified atom stereocenters. The summed E-state index contributed by atoms with van der Waals surface area (Å²) in [5, 5.41) is -3.77. The summed E-state index contributed by atoms with van der Waals surface area (Å²) in [7, 11) is 0. The fraction of sp³-hybridized carbons (Fsp3) is 0.300. The summed E-state index contributed by atoms with van der Waals surface area (Å²) >= 11 is -3.26.